The summed E-state index contributed by atoms with van der Waals surface area (Å²) in [4.78, 5) is 0. The van der Waals surface area contributed by atoms with Crippen molar-refractivity contribution in [2.45, 2.75) is 50.6 Å². The summed E-state index contributed by atoms with van der Waals surface area (Å²) in [6.45, 7) is 0.568. The van der Waals surface area contributed by atoms with Gasteiger partial charge in [0.2, 0.25) is 11.8 Å². The summed E-state index contributed by atoms with van der Waals surface area (Å²) in [5.41, 5.74) is 1.13. The van der Waals surface area contributed by atoms with Crippen molar-refractivity contribution in [2.24, 2.45) is 5.92 Å². The molecule has 0 amide bonds. The third kappa shape index (κ3) is 2.90. The van der Waals surface area contributed by atoms with Crippen LogP contribution >= 0.6 is 0 Å². The van der Waals surface area contributed by atoms with Gasteiger partial charge in [-0.05, 0) is 49.3 Å². The third-order valence-corrected chi connectivity index (χ3v) is 4.73. The van der Waals surface area contributed by atoms with E-state index in [2.05, 4.69) is 15.5 Å². The fourth-order valence-electron chi connectivity index (χ4n) is 3.03. The molecule has 2 fully saturated rings. The molecule has 0 unspecified atom stereocenters. The molecule has 0 radical (unpaired) electrons. The van der Waals surface area contributed by atoms with E-state index in [1.807, 2.05) is 12.1 Å². The maximum atomic E-state index is 13.1. The average molecular weight is 301 g/mol. The summed E-state index contributed by atoms with van der Waals surface area (Å²) in [6, 6.07) is 7.02. The molecule has 0 saturated heterocycles. The Morgan fingerprint density at radius 2 is 1.91 bits per heavy atom. The molecule has 2 aliphatic carbocycles. The van der Waals surface area contributed by atoms with Crippen LogP contribution in [0.2, 0.25) is 0 Å². The van der Waals surface area contributed by atoms with Crippen molar-refractivity contribution in [2.75, 3.05) is 0 Å². The van der Waals surface area contributed by atoms with Gasteiger partial charge in [0.1, 0.15) is 5.82 Å². The minimum atomic E-state index is -0.193. The lowest BCUT2D eigenvalue weighted by Crippen LogP contribution is -2.32. The van der Waals surface area contributed by atoms with Crippen molar-refractivity contribution >= 4 is 0 Å². The smallest absolute Gasteiger partial charge is 0.230 e. The van der Waals surface area contributed by atoms with Crippen LogP contribution < -0.4 is 5.32 Å². The van der Waals surface area contributed by atoms with Crippen molar-refractivity contribution in [3.63, 3.8) is 0 Å². The Balaban J connectivity index is 1.44. The van der Waals surface area contributed by atoms with Gasteiger partial charge in [-0.1, -0.05) is 18.6 Å². The van der Waals surface area contributed by atoms with Crippen molar-refractivity contribution in [3.05, 3.63) is 47.4 Å². The maximum absolute atomic E-state index is 13.1. The maximum Gasteiger partial charge on any atom is 0.230 e. The zero-order chi connectivity index (χ0) is 14.9. The van der Waals surface area contributed by atoms with Gasteiger partial charge >= 0.3 is 0 Å². The lowest BCUT2D eigenvalue weighted by molar-refractivity contribution is 0.224. The number of rotatable bonds is 6. The number of benzene rings is 1. The monoisotopic (exact) mass is 301 g/mol. The lowest BCUT2D eigenvalue weighted by atomic mass is 9.77. The molecule has 1 atom stereocenters. The summed E-state index contributed by atoms with van der Waals surface area (Å²) < 4.78 is 18.8. The van der Waals surface area contributed by atoms with Gasteiger partial charge in [-0.15, -0.1) is 10.2 Å². The topological polar surface area (TPSA) is 51.0 Å². The van der Waals surface area contributed by atoms with Crippen LogP contribution in [0, 0.1) is 11.7 Å². The van der Waals surface area contributed by atoms with Gasteiger partial charge in [0.25, 0.3) is 0 Å². The van der Waals surface area contributed by atoms with E-state index in [0.717, 1.165) is 24.3 Å². The molecule has 2 aromatic rings. The van der Waals surface area contributed by atoms with E-state index in [4.69, 9.17) is 4.42 Å². The molecule has 0 bridgehead atoms. The van der Waals surface area contributed by atoms with Gasteiger partial charge in [0, 0.05) is 12.0 Å². The van der Waals surface area contributed by atoms with Gasteiger partial charge in [0.15, 0.2) is 0 Å². The number of aromatic nitrogens is 2. The van der Waals surface area contributed by atoms with Crippen LogP contribution in [0.25, 0.3) is 0 Å². The number of halogens is 1. The van der Waals surface area contributed by atoms with Crippen LogP contribution in [0.15, 0.2) is 28.7 Å². The first kappa shape index (κ1) is 13.9. The fraction of sp³-hybridized carbons (Fsp3) is 0.529. The van der Waals surface area contributed by atoms with Crippen LogP contribution in [0.4, 0.5) is 4.39 Å². The SMILES string of the molecule is Fc1ccc([C@@H](NCc2nnc(C3CC3)o2)C2CCC2)cc1. The highest BCUT2D eigenvalue weighted by Gasteiger charge is 2.31. The predicted molar refractivity (Wildman–Crippen MR) is 79.6 cm³/mol. The summed E-state index contributed by atoms with van der Waals surface area (Å²) >= 11 is 0. The third-order valence-electron chi connectivity index (χ3n) is 4.73. The first-order valence-electron chi connectivity index (χ1n) is 8.11. The van der Waals surface area contributed by atoms with Crippen molar-refractivity contribution in [3.8, 4) is 0 Å². The second-order valence-electron chi connectivity index (χ2n) is 6.41. The molecule has 5 heteroatoms. The minimum absolute atomic E-state index is 0.193. The van der Waals surface area contributed by atoms with Gasteiger partial charge in [0.05, 0.1) is 6.54 Å². The highest BCUT2D eigenvalue weighted by Crippen LogP contribution is 2.39. The second kappa shape index (κ2) is 5.80. The zero-order valence-electron chi connectivity index (χ0n) is 12.5. The first-order valence-corrected chi connectivity index (χ1v) is 8.11. The van der Waals surface area contributed by atoms with Gasteiger partial charge in [-0.3, -0.25) is 0 Å². The molecule has 1 aromatic carbocycles. The molecule has 0 spiro atoms. The molecule has 2 saturated carbocycles. The van der Waals surface area contributed by atoms with Crippen LogP contribution in [0.5, 0.6) is 0 Å². The fourth-order valence-corrected chi connectivity index (χ4v) is 3.03. The number of hydrogen-bond acceptors (Lipinski definition) is 4. The van der Waals surface area contributed by atoms with Crippen molar-refractivity contribution in [1.29, 1.82) is 0 Å². The van der Waals surface area contributed by atoms with Crippen LogP contribution in [-0.4, -0.2) is 10.2 Å². The second-order valence-corrected chi connectivity index (χ2v) is 6.41. The molecule has 4 nitrogen and oxygen atoms in total. The van der Waals surface area contributed by atoms with Gasteiger partial charge in [-0.2, -0.15) is 0 Å². The molecule has 4 rings (SSSR count). The van der Waals surface area contributed by atoms with Crippen molar-refractivity contribution < 1.29 is 8.81 Å². The zero-order valence-corrected chi connectivity index (χ0v) is 12.5. The quantitative estimate of drug-likeness (QED) is 0.883. The Hall–Kier alpha value is -1.75. The van der Waals surface area contributed by atoms with E-state index in [1.165, 1.54) is 31.4 Å². The average Bonchev–Trinajstić information content (AvgIpc) is 3.22. The van der Waals surface area contributed by atoms with Crippen LogP contribution in [0.3, 0.4) is 0 Å². The molecular formula is C17H20FN3O. The van der Waals surface area contributed by atoms with Crippen LogP contribution in [-0.2, 0) is 6.54 Å². The van der Waals surface area contributed by atoms with E-state index in [1.54, 1.807) is 0 Å². The number of nitrogens with zero attached hydrogens (tertiary/aromatic N) is 2. The van der Waals surface area contributed by atoms with E-state index in [9.17, 15) is 4.39 Å². The molecule has 1 aromatic heterocycles. The van der Waals surface area contributed by atoms with E-state index in [-0.39, 0.29) is 11.9 Å². The predicted octanol–water partition coefficient (Wildman–Crippen LogP) is 3.72. The van der Waals surface area contributed by atoms with E-state index >= 15 is 0 Å². The summed E-state index contributed by atoms with van der Waals surface area (Å²) in [5, 5.41) is 11.8. The molecule has 2 aliphatic rings. The Morgan fingerprint density at radius 1 is 1.14 bits per heavy atom. The Kier molecular flexibility index (Phi) is 3.66. The molecule has 22 heavy (non-hydrogen) atoms. The van der Waals surface area contributed by atoms with Gasteiger partial charge < -0.3 is 9.73 Å². The Bertz CT molecular complexity index is 632. The Morgan fingerprint density at radius 3 is 2.55 bits per heavy atom. The molecule has 0 aliphatic heterocycles. The largest absolute Gasteiger partial charge is 0.424 e. The molecule has 1 heterocycles. The standard InChI is InChI=1S/C17H20FN3O/c18-14-8-6-12(7-9-14)16(11-2-1-3-11)19-10-15-20-21-17(22-15)13-4-5-13/h6-9,11,13,16,19H,1-5,10H2/t16-/m0/s1. The minimum Gasteiger partial charge on any atom is -0.424 e. The molecule has 116 valence electrons. The highest BCUT2D eigenvalue weighted by molar-refractivity contribution is 5.21. The summed E-state index contributed by atoms with van der Waals surface area (Å²) in [5.74, 6) is 2.33. The Labute approximate surface area is 129 Å². The summed E-state index contributed by atoms with van der Waals surface area (Å²) in [7, 11) is 0. The van der Waals surface area contributed by atoms with Crippen molar-refractivity contribution in [1.82, 2.24) is 15.5 Å². The van der Waals surface area contributed by atoms with E-state index in [0.29, 0.717) is 24.3 Å². The highest BCUT2D eigenvalue weighted by atomic mass is 19.1. The van der Waals surface area contributed by atoms with Gasteiger partial charge in [-0.25, -0.2) is 4.39 Å². The first-order chi connectivity index (χ1) is 10.8. The van der Waals surface area contributed by atoms with Crippen LogP contribution in [0.1, 0.15) is 61.4 Å². The van der Waals surface area contributed by atoms with E-state index < -0.39 is 0 Å². The lowest BCUT2D eigenvalue weighted by Gasteiger charge is -2.34. The number of hydrogen-bond donors (Lipinski definition) is 1. The number of nitrogens with one attached hydrogen (secondary N) is 1. The normalized spacial score (nSPS) is 19.9. The summed E-state index contributed by atoms with van der Waals surface area (Å²) in [6.07, 6.45) is 6.03. The molecular weight excluding hydrogens is 281 g/mol. The molecule has 1 N–H and O–H groups in total.